The van der Waals surface area contributed by atoms with Crippen molar-refractivity contribution in [3.05, 3.63) is 185 Å². The van der Waals surface area contributed by atoms with E-state index in [0.717, 1.165) is 52.3 Å². The van der Waals surface area contributed by atoms with Crippen molar-refractivity contribution in [3.63, 3.8) is 0 Å². The molecule has 0 saturated carbocycles. The number of nitrogens with zero attached hydrogens (tertiary/aromatic N) is 1. The summed E-state index contributed by atoms with van der Waals surface area (Å²) in [4.78, 5) is 4.78. The number of ether oxygens (including phenoxy) is 2. The molecule has 1 unspecified atom stereocenters. The predicted molar refractivity (Wildman–Crippen MR) is 222 cm³/mol. The molecule has 262 valence electrons. The summed E-state index contributed by atoms with van der Waals surface area (Å²) in [6, 6.07) is 38.0. The zero-order chi connectivity index (χ0) is 35.9. The van der Waals surface area contributed by atoms with Crippen LogP contribution in [0.2, 0.25) is 0 Å². The number of thioether (sulfide) groups is 1. The zero-order valence-corrected chi connectivity index (χ0v) is 31.2. The first-order valence-corrected chi connectivity index (χ1v) is 18.8. The Hall–Kier alpha value is -5.06. The Morgan fingerprint density at radius 1 is 0.804 bits per heavy atom. The van der Waals surface area contributed by atoms with Crippen LogP contribution in [0.15, 0.2) is 157 Å². The summed E-state index contributed by atoms with van der Waals surface area (Å²) in [5, 5.41) is 3.55. The van der Waals surface area contributed by atoms with Gasteiger partial charge in [-0.3, -0.25) is 0 Å². The molecule has 0 saturated heterocycles. The number of pyridine rings is 1. The number of rotatable bonds is 16. The Morgan fingerprint density at radius 3 is 2.14 bits per heavy atom. The second kappa shape index (κ2) is 18.8. The Kier molecular flexibility index (Phi) is 13.7. The maximum Gasteiger partial charge on any atom is 0.130 e. The molecule has 0 fully saturated rings. The highest BCUT2D eigenvalue weighted by Crippen LogP contribution is 2.50. The lowest BCUT2D eigenvalue weighted by molar-refractivity contribution is 0.301. The Labute approximate surface area is 310 Å². The molecule has 4 aromatic carbocycles. The summed E-state index contributed by atoms with van der Waals surface area (Å²) in [5.41, 5.74) is 6.78. The number of benzene rings is 4. The first-order chi connectivity index (χ1) is 25.0. The van der Waals surface area contributed by atoms with Crippen LogP contribution >= 0.6 is 11.8 Å². The Balaban J connectivity index is 0.00000605. The minimum absolute atomic E-state index is 0. The monoisotopic (exact) mass is 693 g/mol. The molecule has 0 radical (unpaired) electrons. The molecule has 0 spiro atoms. The van der Waals surface area contributed by atoms with E-state index in [0.29, 0.717) is 13.2 Å². The fraction of sp³-hybridized carbons (Fsp3) is 0.213. The van der Waals surface area contributed by atoms with Crippen LogP contribution in [0, 0.1) is 0 Å². The van der Waals surface area contributed by atoms with Crippen LogP contribution in [-0.4, -0.2) is 17.3 Å². The van der Waals surface area contributed by atoms with Gasteiger partial charge < -0.3 is 9.47 Å². The van der Waals surface area contributed by atoms with Crippen molar-refractivity contribution in [3.8, 4) is 11.5 Å². The fourth-order valence-electron chi connectivity index (χ4n) is 6.11. The highest BCUT2D eigenvalue weighted by atomic mass is 32.2. The molecule has 0 aliphatic heterocycles. The predicted octanol–water partition coefficient (Wildman–Crippen LogP) is 11.1. The zero-order valence-electron chi connectivity index (χ0n) is 30.3. The highest BCUT2D eigenvalue weighted by Gasteiger charge is 2.37. The molecule has 1 atom stereocenters. The normalized spacial score (nSPS) is 14.2. The minimum atomic E-state index is -0.414. The smallest absolute Gasteiger partial charge is 0.130 e. The van der Waals surface area contributed by atoms with Gasteiger partial charge in [0.2, 0.25) is 0 Å². The lowest BCUT2D eigenvalue weighted by Crippen LogP contribution is -2.27. The van der Waals surface area contributed by atoms with E-state index in [1.807, 2.05) is 42.1 Å². The fourth-order valence-corrected chi connectivity index (χ4v) is 7.70. The number of allylic oxidation sites excluding steroid dienone is 5. The average Bonchev–Trinajstić information content (AvgIpc) is 3.18. The van der Waals surface area contributed by atoms with Gasteiger partial charge in [-0.25, -0.2) is 4.98 Å². The number of hydrogen-bond acceptors (Lipinski definition) is 4. The van der Waals surface area contributed by atoms with E-state index in [4.69, 9.17) is 14.5 Å². The van der Waals surface area contributed by atoms with Crippen molar-refractivity contribution in [2.75, 3.05) is 12.4 Å². The molecule has 4 heteroatoms. The van der Waals surface area contributed by atoms with Gasteiger partial charge in [0.1, 0.15) is 24.7 Å². The molecule has 0 aliphatic carbocycles. The third kappa shape index (κ3) is 9.59. The molecule has 0 bridgehead atoms. The average molecular weight is 694 g/mol. The van der Waals surface area contributed by atoms with Gasteiger partial charge in [0, 0.05) is 6.81 Å². The van der Waals surface area contributed by atoms with Gasteiger partial charge in [0.25, 0.3) is 0 Å². The number of fused-ring (bicyclic) bond motifs is 1. The molecule has 1 heterocycles. The van der Waals surface area contributed by atoms with Crippen molar-refractivity contribution in [2.24, 2.45) is 0 Å². The van der Waals surface area contributed by atoms with Gasteiger partial charge in [-0.05, 0) is 108 Å². The highest BCUT2D eigenvalue weighted by molar-refractivity contribution is 8.00. The van der Waals surface area contributed by atoms with E-state index < -0.39 is 4.75 Å². The van der Waals surface area contributed by atoms with E-state index in [-0.39, 0.29) is 1.43 Å². The van der Waals surface area contributed by atoms with E-state index in [1.54, 1.807) is 0 Å². The van der Waals surface area contributed by atoms with Gasteiger partial charge in [-0.15, -0.1) is 18.3 Å². The van der Waals surface area contributed by atoms with Gasteiger partial charge in [0.05, 0.1) is 16.0 Å². The second-order valence-electron chi connectivity index (χ2n) is 12.4. The SMILES string of the molecule is C=CCCSC(/C(=C/C=C\C)CC)(c1ccc(OC/C(C)=C/C=c2/cccc/c2=C/C)cc1)c1ccc(OCc2ccc3ccccc3n2)cc1.[HH]. The van der Waals surface area contributed by atoms with Crippen LogP contribution in [0.1, 0.15) is 58.8 Å². The summed E-state index contributed by atoms with van der Waals surface area (Å²) >= 11 is 1.95. The topological polar surface area (TPSA) is 31.4 Å². The maximum atomic E-state index is 6.28. The maximum absolute atomic E-state index is 6.28. The van der Waals surface area contributed by atoms with Crippen molar-refractivity contribution < 1.29 is 10.9 Å². The quantitative estimate of drug-likeness (QED) is 0.0585. The number of hydrogen-bond donors (Lipinski definition) is 0. The molecular formula is C47H51NO2S. The summed E-state index contributed by atoms with van der Waals surface area (Å²) in [7, 11) is 0. The van der Waals surface area contributed by atoms with Crippen LogP contribution in [0.4, 0.5) is 0 Å². The molecule has 0 aliphatic rings. The van der Waals surface area contributed by atoms with Crippen LogP contribution in [0.5, 0.6) is 11.5 Å². The van der Waals surface area contributed by atoms with Crippen LogP contribution in [-0.2, 0) is 11.4 Å². The lowest BCUT2D eigenvalue weighted by atomic mass is 9.82. The van der Waals surface area contributed by atoms with E-state index >= 15 is 0 Å². The van der Waals surface area contributed by atoms with Crippen LogP contribution < -0.4 is 19.9 Å². The van der Waals surface area contributed by atoms with E-state index in [1.165, 1.54) is 27.1 Å². The summed E-state index contributed by atoms with van der Waals surface area (Å²) < 4.78 is 12.1. The summed E-state index contributed by atoms with van der Waals surface area (Å²) in [5.74, 6) is 2.59. The standard InChI is InChI=1S/C47H49NO2S.H2/c1-6-10-19-40(9-4)47(51-33-11-7-2,42-26-31-45(32-27-42)50-35-43-28-23-39-18-14-15-20-46(39)48-43)41-24-29-44(30-25-41)49-34-36(5)21-22-38-17-13-12-16-37(38)8-3;/h6-8,10,12-32H,2,9,11,33-35H2,1,3-5H3;1H/b10-6-,36-21+,37-8-,38-22-,40-19+;. The molecular weight excluding hydrogens is 643 g/mol. The van der Waals surface area contributed by atoms with Gasteiger partial charge in [-0.1, -0.05) is 122 Å². The van der Waals surface area contributed by atoms with Gasteiger partial charge in [-0.2, -0.15) is 0 Å². The van der Waals surface area contributed by atoms with Gasteiger partial charge >= 0.3 is 0 Å². The summed E-state index contributed by atoms with van der Waals surface area (Å²) in [6.45, 7) is 13.4. The molecule has 5 rings (SSSR count). The molecule has 3 nitrogen and oxygen atoms in total. The number of para-hydroxylation sites is 1. The second-order valence-corrected chi connectivity index (χ2v) is 13.7. The minimum Gasteiger partial charge on any atom is -0.489 e. The van der Waals surface area contributed by atoms with Crippen molar-refractivity contribution in [1.82, 2.24) is 4.98 Å². The number of aromatic nitrogens is 1. The van der Waals surface area contributed by atoms with Crippen molar-refractivity contribution in [2.45, 2.75) is 51.9 Å². The van der Waals surface area contributed by atoms with Crippen LogP contribution in [0.3, 0.4) is 0 Å². The van der Waals surface area contributed by atoms with Gasteiger partial charge in [0.15, 0.2) is 0 Å². The Bertz CT molecular complexity index is 2120. The Morgan fingerprint density at radius 2 is 1.47 bits per heavy atom. The molecule has 51 heavy (non-hydrogen) atoms. The molecule has 1 aromatic heterocycles. The molecule has 5 aromatic rings. The molecule has 0 N–H and O–H groups in total. The van der Waals surface area contributed by atoms with Crippen molar-refractivity contribution in [1.29, 1.82) is 0 Å². The van der Waals surface area contributed by atoms with E-state index in [9.17, 15) is 0 Å². The van der Waals surface area contributed by atoms with E-state index in [2.05, 4.69) is 156 Å². The van der Waals surface area contributed by atoms with Crippen molar-refractivity contribution >= 4 is 34.8 Å². The molecule has 0 amide bonds. The van der Waals surface area contributed by atoms with Crippen LogP contribution in [0.25, 0.3) is 23.1 Å². The first-order valence-electron chi connectivity index (χ1n) is 17.8. The third-order valence-electron chi connectivity index (χ3n) is 8.85. The largest absolute Gasteiger partial charge is 0.489 e. The summed E-state index contributed by atoms with van der Waals surface area (Å²) in [6.07, 6.45) is 16.8. The lowest BCUT2D eigenvalue weighted by Gasteiger charge is -2.37. The third-order valence-corrected chi connectivity index (χ3v) is 10.5. The first kappa shape index (κ1) is 37.2.